The number of nitrogens with zero attached hydrogens (tertiary/aromatic N) is 4. The van der Waals surface area contributed by atoms with Gasteiger partial charge in [-0.25, -0.2) is 4.99 Å². The zero-order valence-electron chi connectivity index (χ0n) is 14.6. The van der Waals surface area contributed by atoms with Gasteiger partial charge in [-0.2, -0.15) is 0 Å². The SMILES string of the molecule is CC1CC=CCCN2C(=N1)C(N1CCNCC1)=Nc1cc(Cl)ccc12. The number of fused-ring (bicyclic) bond motifs is 3. The average Bonchev–Trinajstić information content (AvgIpc) is 2.71. The second kappa shape index (κ2) is 7.18. The Hall–Kier alpha value is -1.85. The van der Waals surface area contributed by atoms with Gasteiger partial charge in [0.05, 0.1) is 17.4 Å². The summed E-state index contributed by atoms with van der Waals surface area (Å²) in [5.74, 6) is 2.00. The molecule has 1 N–H and O–H groups in total. The third-order valence-electron chi connectivity index (χ3n) is 4.83. The van der Waals surface area contributed by atoms with E-state index in [0.717, 1.165) is 73.6 Å². The summed E-state index contributed by atoms with van der Waals surface area (Å²) in [5, 5.41) is 4.14. The smallest absolute Gasteiger partial charge is 0.172 e. The molecule has 1 atom stereocenters. The Morgan fingerprint density at radius 3 is 2.80 bits per heavy atom. The third-order valence-corrected chi connectivity index (χ3v) is 5.07. The van der Waals surface area contributed by atoms with Crippen molar-refractivity contribution < 1.29 is 0 Å². The van der Waals surface area contributed by atoms with E-state index in [0.29, 0.717) is 0 Å². The van der Waals surface area contributed by atoms with E-state index in [9.17, 15) is 0 Å². The van der Waals surface area contributed by atoms with Crippen LogP contribution < -0.4 is 10.2 Å². The summed E-state index contributed by atoms with van der Waals surface area (Å²) >= 11 is 6.24. The first-order chi connectivity index (χ1) is 12.2. The van der Waals surface area contributed by atoms with Gasteiger partial charge in [0.1, 0.15) is 0 Å². The van der Waals surface area contributed by atoms with Gasteiger partial charge >= 0.3 is 0 Å². The number of aliphatic imine (C=N–C) groups is 2. The molecule has 0 aromatic heterocycles. The molecular weight excluding hydrogens is 334 g/mol. The molecule has 0 amide bonds. The van der Waals surface area contributed by atoms with Gasteiger partial charge in [0.2, 0.25) is 0 Å². The Morgan fingerprint density at radius 2 is 1.96 bits per heavy atom. The first-order valence-corrected chi connectivity index (χ1v) is 9.45. The van der Waals surface area contributed by atoms with Crippen LogP contribution in [0.2, 0.25) is 5.02 Å². The topological polar surface area (TPSA) is 43.2 Å². The normalized spacial score (nSPS) is 23.7. The number of piperazine rings is 1. The van der Waals surface area contributed by atoms with E-state index in [-0.39, 0.29) is 6.04 Å². The Labute approximate surface area is 154 Å². The highest BCUT2D eigenvalue weighted by molar-refractivity contribution is 6.47. The highest BCUT2D eigenvalue weighted by Gasteiger charge is 2.31. The second-order valence-corrected chi connectivity index (χ2v) is 7.19. The van der Waals surface area contributed by atoms with E-state index in [4.69, 9.17) is 21.6 Å². The average molecular weight is 358 g/mol. The van der Waals surface area contributed by atoms with Gasteiger partial charge in [0.15, 0.2) is 11.7 Å². The molecule has 3 aliphatic heterocycles. The van der Waals surface area contributed by atoms with Crippen molar-refractivity contribution >= 4 is 34.6 Å². The van der Waals surface area contributed by atoms with Gasteiger partial charge in [-0.1, -0.05) is 23.8 Å². The summed E-state index contributed by atoms with van der Waals surface area (Å²) in [6.07, 6.45) is 6.49. The van der Waals surface area contributed by atoms with Crippen LogP contribution in [0.3, 0.4) is 0 Å². The van der Waals surface area contributed by atoms with Crippen LogP contribution >= 0.6 is 11.6 Å². The van der Waals surface area contributed by atoms with Gasteiger partial charge < -0.3 is 15.1 Å². The van der Waals surface area contributed by atoms with Gasteiger partial charge in [-0.05, 0) is 38.0 Å². The molecule has 0 spiro atoms. The fourth-order valence-corrected chi connectivity index (χ4v) is 3.70. The van der Waals surface area contributed by atoms with Crippen molar-refractivity contribution in [2.24, 2.45) is 9.98 Å². The Balaban J connectivity index is 1.83. The van der Waals surface area contributed by atoms with Crippen molar-refractivity contribution in [2.75, 3.05) is 37.6 Å². The summed E-state index contributed by atoms with van der Waals surface area (Å²) in [6, 6.07) is 6.21. The number of benzene rings is 1. The van der Waals surface area contributed by atoms with Crippen LogP contribution in [0.5, 0.6) is 0 Å². The van der Waals surface area contributed by atoms with Crippen LogP contribution in [-0.4, -0.2) is 55.3 Å². The Kier molecular flexibility index (Phi) is 4.77. The standard InChI is InChI=1S/C19H24ClN5/c1-14-5-3-2-4-10-25-17-7-6-15(20)13-16(17)23-18(19(25)22-14)24-11-8-21-9-12-24/h2-3,6-7,13-14,21H,4-5,8-12H2,1H3. The first-order valence-electron chi connectivity index (χ1n) is 9.07. The molecular formula is C19H24ClN5. The van der Waals surface area contributed by atoms with E-state index in [1.807, 2.05) is 12.1 Å². The molecule has 0 saturated carbocycles. The van der Waals surface area contributed by atoms with Crippen LogP contribution in [0.25, 0.3) is 0 Å². The number of hydrogen-bond donors (Lipinski definition) is 1. The van der Waals surface area contributed by atoms with Gasteiger partial charge in [-0.15, -0.1) is 0 Å². The molecule has 5 nitrogen and oxygen atoms in total. The molecule has 3 heterocycles. The maximum absolute atomic E-state index is 6.24. The molecule has 0 bridgehead atoms. The van der Waals surface area contributed by atoms with Crippen molar-refractivity contribution in [1.29, 1.82) is 0 Å². The molecule has 132 valence electrons. The zero-order chi connectivity index (χ0) is 17.2. The monoisotopic (exact) mass is 357 g/mol. The zero-order valence-corrected chi connectivity index (χ0v) is 15.3. The van der Waals surface area contributed by atoms with Gasteiger partial charge in [0, 0.05) is 37.7 Å². The molecule has 1 aromatic carbocycles. The molecule has 0 radical (unpaired) electrons. The lowest BCUT2D eigenvalue weighted by molar-refractivity contribution is 0.360. The minimum absolute atomic E-state index is 0.244. The molecule has 4 rings (SSSR count). The summed E-state index contributed by atoms with van der Waals surface area (Å²) < 4.78 is 0. The first kappa shape index (κ1) is 16.6. The largest absolute Gasteiger partial charge is 0.351 e. The molecule has 0 aliphatic carbocycles. The molecule has 1 unspecified atom stereocenters. The van der Waals surface area contributed by atoms with E-state index < -0.39 is 0 Å². The number of halogens is 1. The van der Waals surface area contributed by atoms with Crippen molar-refractivity contribution in [1.82, 2.24) is 10.2 Å². The number of amidine groups is 2. The van der Waals surface area contributed by atoms with Crippen molar-refractivity contribution in [3.05, 3.63) is 35.4 Å². The Morgan fingerprint density at radius 1 is 1.12 bits per heavy atom. The number of anilines is 1. The predicted octanol–water partition coefficient (Wildman–Crippen LogP) is 3.23. The molecule has 25 heavy (non-hydrogen) atoms. The van der Waals surface area contributed by atoms with Crippen molar-refractivity contribution in [2.45, 2.75) is 25.8 Å². The quantitative estimate of drug-likeness (QED) is 0.725. The number of rotatable bonds is 0. The fourth-order valence-electron chi connectivity index (χ4n) is 3.53. The van der Waals surface area contributed by atoms with E-state index in [1.54, 1.807) is 0 Å². The fraction of sp³-hybridized carbons (Fsp3) is 0.474. The predicted molar refractivity (Wildman–Crippen MR) is 106 cm³/mol. The summed E-state index contributed by atoms with van der Waals surface area (Å²) in [7, 11) is 0. The van der Waals surface area contributed by atoms with Crippen LogP contribution in [0.15, 0.2) is 40.3 Å². The van der Waals surface area contributed by atoms with E-state index >= 15 is 0 Å². The lowest BCUT2D eigenvalue weighted by Crippen LogP contribution is -2.53. The minimum Gasteiger partial charge on any atom is -0.351 e. The molecule has 6 heteroatoms. The van der Waals surface area contributed by atoms with Crippen molar-refractivity contribution in [3.8, 4) is 0 Å². The van der Waals surface area contributed by atoms with Crippen LogP contribution in [0, 0.1) is 0 Å². The third kappa shape index (κ3) is 3.44. The van der Waals surface area contributed by atoms with Gasteiger partial charge in [0.25, 0.3) is 0 Å². The molecule has 3 aliphatic rings. The lowest BCUT2D eigenvalue weighted by atomic mass is 10.1. The summed E-state index contributed by atoms with van der Waals surface area (Å²) in [6.45, 7) is 6.94. The van der Waals surface area contributed by atoms with Crippen LogP contribution in [0.4, 0.5) is 11.4 Å². The maximum atomic E-state index is 6.24. The number of nitrogens with one attached hydrogen (secondary N) is 1. The number of hydrogen-bond acceptors (Lipinski definition) is 5. The molecule has 1 fully saturated rings. The highest BCUT2D eigenvalue weighted by Crippen LogP contribution is 2.36. The maximum Gasteiger partial charge on any atom is 0.172 e. The van der Waals surface area contributed by atoms with Crippen LogP contribution in [-0.2, 0) is 0 Å². The van der Waals surface area contributed by atoms with Crippen molar-refractivity contribution in [3.63, 3.8) is 0 Å². The van der Waals surface area contributed by atoms with E-state index in [2.05, 4.69) is 40.3 Å². The summed E-state index contributed by atoms with van der Waals surface area (Å²) in [5.41, 5.74) is 2.04. The van der Waals surface area contributed by atoms with Gasteiger partial charge in [-0.3, -0.25) is 4.99 Å². The van der Waals surface area contributed by atoms with Crippen LogP contribution in [0.1, 0.15) is 19.8 Å². The van der Waals surface area contributed by atoms with E-state index in [1.165, 1.54) is 0 Å². The minimum atomic E-state index is 0.244. The lowest BCUT2D eigenvalue weighted by Gasteiger charge is -2.38. The highest BCUT2D eigenvalue weighted by atomic mass is 35.5. The molecule has 1 saturated heterocycles. The summed E-state index contributed by atoms with van der Waals surface area (Å²) in [4.78, 5) is 14.7. The second-order valence-electron chi connectivity index (χ2n) is 6.75. The molecule has 1 aromatic rings. The Bertz CT molecular complexity index is 733.